The molecule has 105 heavy (non-hydrogen) atoms. The van der Waals surface area contributed by atoms with Crippen LogP contribution >= 0.6 is 0 Å². The molecule has 8 bridgehead atoms. The minimum Gasteiger partial charge on any atom is -0.459 e. The van der Waals surface area contributed by atoms with Gasteiger partial charge in [0.05, 0.1) is 34.0 Å². The molecule has 10 aliphatic carbocycles. The summed E-state index contributed by atoms with van der Waals surface area (Å²) >= 11 is 0. The van der Waals surface area contributed by atoms with E-state index in [9.17, 15) is 28.8 Å². The van der Waals surface area contributed by atoms with Gasteiger partial charge >= 0.3 is 35.8 Å². The zero-order chi connectivity index (χ0) is 80.5. The predicted molar refractivity (Wildman–Crippen MR) is 430 cm³/mol. The maximum atomic E-state index is 12.5. The number of hydrogen-bond acceptors (Lipinski definition) is 12. The second-order valence-corrected chi connectivity index (χ2v) is 42.8. The molecule has 0 N–H and O–H groups in total. The highest BCUT2D eigenvalue weighted by Gasteiger charge is 2.73. The molecule has 10 saturated carbocycles. The molecule has 0 amide bonds. The van der Waals surface area contributed by atoms with Gasteiger partial charge < -0.3 is 28.4 Å². The molecule has 10 rings (SSSR count). The molecule has 10 fully saturated rings. The van der Waals surface area contributed by atoms with E-state index >= 15 is 0 Å². The zero-order valence-corrected chi connectivity index (χ0v) is 74.7. The first kappa shape index (κ1) is 92.4. The van der Waals surface area contributed by atoms with E-state index in [0.717, 1.165) is 77.0 Å². The van der Waals surface area contributed by atoms with Crippen LogP contribution in [0.1, 0.15) is 421 Å². The molecular formula is C93H166O12. The third-order valence-electron chi connectivity index (χ3n) is 34.4. The Morgan fingerprint density at radius 1 is 0.314 bits per heavy atom. The normalized spacial score (nSPS) is 35.9. The lowest BCUT2D eigenvalue weighted by Gasteiger charge is -2.51. The van der Waals surface area contributed by atoms with Crippen LogP contribution < -0.4 is 0 Å². The third kappa shape index (κ3) is 18.0. The van der Waals surface area contributed by atoms with Crippen molar-refractivity contribution in [1.82, 2.24) is 0 Å². The summed E-state index contributed by atoms with van der Waals surface area (Å²) in [6.45, 7) is 70.7. The van der Waals surface area contributed by atoms with Gasteiger partial charge in [0, 0.05) is 32.5 Å². The Kier molecular flexibility index (Phi) is 29.3. The third-order valence-corrected chi connectivity index (χ3v) is 34.4. The lowest BCUT2D eigenvalue weighted by Crippen LogP contribution is -2.55. The summed E-state index contributed by atoms with van der Waals surface area (Å²) in [7, 11) is 0. The van der Waals surface area contributed by atoms with Crippen LogP contribution in [0.3, 0.4) is 0 Å². The van der Waals surface area contributed by atoms with E-state index in [1.807, 2.05) is 90.0 Å². The Bertz CT molecular complexity index is 2940. The van der Waals surface area contributed by atoms with Gasteiger partial charge in [-0.2, -0.15) is 0 Å². The number of esters is 6. The smallest absolute Gasteiger partial charge is 0.312 e. The fourth-order valence-electron chi connectivity index (χ4n) is 21.0. The summed E-state index contributed by atoms with van der Waals surface area (Å²) in [4.78, 5) is 73.2. The summed E-state index contributed by atoms with van der Waals surface area (Å²) in [6, 6.07) is 0. The number of rotatable bonds is 18. The second kappa shape index (κ2) is 33.2. The highest BCUT2D eigenvalue weighted by molar-refractivity contribution is 5.78. The van der Waals surface area contributed by atoms with E-state index in [1.165, 1.54) is 116 Å². The van der Waals surface area contributed by atoms with Gasteiger partial charge in [-0.05, 0) is 285 Å². The fraction of sp³-hybridized carbons (Fsp3) is 0.935. The van der Waals surface area contributed by atoms with Crippen LogP contribution in [0.25, 0.3) is 0 Å². The predicted octanol–water partition coefficient (Wildman–Crippen LogP) is 25.3. The number of hydrogen-bond donors (Lipinski definition) is 0. The lowest BCUT2D eigenvalue weighted by molar-refractivity contribution is -0.202. The molecule has 15 unspecified atom stereocenters. The van der Waals surface area contributed by atoms with Crippen molar-refractivity contribution in [2.45, 2.75) is 455 Å². The highest BCUT2D eigenvalue weighted by atomic mass is 16.6. The molecule has 10 aliphatic rings. The van der Waals surface area contributed by atoms with E-state index in [4.69, 9.17) is 28.4 Å². The largest absolute Gasteiger partial charge is 0.459 e. The molecule has 0 radical (unpaired) electrons. The number of carbonyl (C=O) groups is 6. The van der Waals surface area contributed by atoms with Crippen LogP contribution in [0.2, 0.25) is 0 Å². The van der Waals surface area contributed by atoms with Gasteiger partial charge in [-0.15, -0.1) is 0 Å². The van der Waals surface area contributed by atoms with Gasteiger partial charge in [0.2, 0.25) is 0 Å². The highest BCUT2D eigenvalue weighted by Crippen LogP contribution is 2.74. The Morgan fingerprint density at radius 2 is 0.581 bits per heavy atom. The lowest BCUT2D eigenvalue weighted by atomic mass is 9.61. The topological polar surface area (TPSA) is 158 Å². The maximum absolute atomic E-state index is 12.5. The minimum absolute atomic E-state index is 0.00965. The van der Waals surface area contributed by atoms with E-state index in [0.29, 0.717) is 23.7 Å². The first-order valence-electron chi connectivity index (χ1n) is 43.2. The Hall–Kier alpha value is -3.18. The van der Waals surface area contributed by atoms with E-state index in [1.54, 1.807) is 0 Å². The van der Waals surface area contributed by atoms with Crippen molar-refractivity contribution >= 4 is 35.8 Å². The zero-order valence-electron chi connectivity index (χ0n) is 74.7. The average molecular weight is 1480 g/mol. The molecule has 0 aliphatic heterocycles. The molecule has 0 aromatic rings. The standard InChI is InChI=1S/2C17H30O2.2C16H28O2.C14H26O2.C13H24O2/c1-8-14(2,3)13(18)19-17(7)11-12-9-10-16(17,6)15(12,4)5;1-8-14(2,3)13(18)19-17(7)15(4,5)12-9-10-16(17,6)11-12;1-7-11(2)13(17)18-16(6)10-12-8-9-15(16,5)14(12,3)4;1-7-11(2)13(17)18-16(6)14(3,4)12-8-9-15(16,5)10-12;1-5-13(2,3)12(15)16-14(4)10-8-6-7-9-11-14;1-4-11(2)12(14)15-13(3)9-7-5-6-8-10-13/h2*12H,8-11H2,1-7H3;2*11-12H,7-10H2,1-6H3;5-11H2,1-4H3;11H,4-10H2,1-3H3. The maximum Gasteiger partial charge on any atom is 0.312 e. The van der Waals surface area contributed by atoms with Crippen LogP contribution in [0.5, 0.6) is 0 Å². The van der Waals surface area contributed by atoms with Crippen LogP contribution in [-0.2, 0) is 57.2 Å². The minimum atomic E-state index is -0.378. The summed E-state index contributed by atoms with van der Waals surface area (Å²) in [5.74, 6) is 2.77. The van der Waals surface area contributed by atoms with Crippen molar-refractivity contribution < 1.29 is 57.2 Å². The van der Waals surface area contributed by atoms with Crippen molar-refractivity contribution in [3.8, 4) is 0 Å². The van der Waals surface area contributed by atoms with Gasteiger partial charge in [0.25, 0.3) is 0 Å². The second-order valence-electron chi connectivity index (χ2n) is 42.8. The van der Waals surface area contributed by atoms with Crippen molar-refractivity contribution in [1.29, 1.82) is 0 Å². The van der Waals surface area contributed by atoms with Crippen molar-refractivity contribution in [2.24, 2.45) is 101 Å². The quantitative estimate of drug-likeness (QED) is 0.0728. The first-order valence-corrected chi connectivity index (χ1v) is 43.2. The van der Waals surface area contributed by atoms with Gasteiger partial charge in [-0.1, -0.05) is 171 Å². The van der Waals surface area contributed by atoms with E-state index in [-0.39, 0.29) is 147 Å². The molecule has 0 aromatic heterocycles. The molecular weight excluding hydrogens is 1310 g/mol. The number of carbonyl (C=O) groups excluding carboxylic acids is 6. The monoisotopic (exact) mass is 1480 g/mol. The summed E-state index contributed by atoms with van der Waals surface area (Å²) in [5, 5.41) is 0. The summed E-state index contributed by atoms with van der Waals surface area (Å²) in [5.41, 5.74) is -1.34. The van der Waals surface area contributed by atoms with Gasteiger partial charge in [0.15, 0.2) is 0 Å². The van der Waals surface area contributed by atoms with Crippen LogP contribution in [-0.4, -0.2) is 69.4 Å². The molecule has 0 spiro atoms. The van der Waals surface area contributed by atoms with Crippen molar-refractivity contribution in [2.75, 3.05) is 0 Å². The average Bonchev–Trinajstić information content (AvgIpc) is 1.57. The first-order chi connectivity index (χ1) is 47.8. The summed E-state index contributed by atoms with van der Waals surface area (Å²) < 4.78 is 35.8. The Labute approximate surface area is 645 Å². The van der Waals surface area contributed by atoms with Gasteiger partial charge in [0.1, 0.15) is 33.6 Å². The number of ether oxygens (including phenoxy) is 6. The van der Waals surface area contributed by atoms with Gasteiger partial charge in [-0.25, -0.2) is 0 Å². The van der Waals surface area contributed by atoms with Crippen LogP contribution in [0.15, 0.2) is 0 Å². The van der Waals surface area contributed by atoms with Gasteiger partial charge in [-0.3, -0.25) is 28.8 Å². The molecule has 0 saturated heterocycles. The molecule has 12 nitrogen and oxygen atoms in total. The van der Waals surface area contributed by atoms with Crippen LogP contribution in [0, 0.1) is 101 Å². The van der Waals surface area contributed by atoms with Crippen LogP contribution in [0.4, 0.5) is 0 Å². The van der Waals surface area contributed by atoms with Crippen molar-refractivity contribution in [3.63, 3.8) is 0 Å². The number of fused-ring (bicyclic) bond motifs is 8. The van der Waals surface area contributed by atoms with Crippen molar-refractivity contribution in [3.05, 3.63) is 0 Å². The molecule has 15 atom stereocenters. The Balaban J connectivity index is 0.000000227. The molecule has 610 valence electrons. The van der Waals surface area contributed by atoms with E-state index in [2.05, 4.69) is 138 Å². The fourth-order valence-corrected chi connectivity index (χ4v) is 21.0. The van der Waals surface area contributed by atoms with E-state index < -0.39 is 0 Å². The molecule has 0 heterocycles. The Morgan fingerprint density at radius 3 is 0.867 bits per heavy atom. The molecule has 12 heteroatoms. The SMILES string of the molecule is CCC(C)(C)C(=O)OC1(C)C2(C)CCC(C2)C1(C)C.CCC(C)(C)C(=O)OC1(C)CC2CCC1(C)C2(C)C.CCC(C)(C)C(=O)OC1(C)CCCCCC1.CCC(C)C(=O)OC1(C)C2(C)CCC(C2)C1(C)C.CCC(C)C(=O)OC1(C)CC2CCC1(C)C2(C)C.CCC(C)C(=O)OC1(C)CCCCCC1. The summed E-state index contributed by atoms with van der Waals surface area (Å²) in [6.07, 6.45) is 33.5. The molecule has 0 aromatic carbocycles.